The Labute approximate surface area is 189 Å². The van der Waals surface area contributed by atoms with Gasteiger partial charge in [-0.3, -0.25) is 14.4 Å². The molecule has 0 aliphatic carbocycles. The Morgan fingerprint density at radius 2 is 1.84 bits per heavy atom. The quantitative estimate of drug-likeness (QED) is 0.537. The van der Waals surface area contributed by atoms with Gasteiger partial charge in [0.25, 0.3) is 5.91 Å². The van der Waals surface area contributed by atoms with Crippen molar-refractivity contribution in [2.75, 3.05) is 4.90 Å². The van der Waals surface area contributed by atoms with Crippen molar-refractivity contribution >= 4 is 35.0 Å². The van der Waals surface area contributed by atoms with Crippen LogP contribution in [0.2, 0.25) is 5.02 Å². The molecular formula is C24H18ClN3O4. The van der Waals surface area contributed by atoms with Crippen LogP contribution in [-0.4, -0.2) is 28.7 Å². The van der Waals surface area contributed by atoms with Gasteiger partial charge in [-0.05, 0) is 54.1 Å². The van der Waals surface area contributed by atoms with Crippen LogP contribution >= 0.6 is 11.6 Å². The van der Waals surface area contributed by atoms with E-state index in [9.17, 15) is 14.4 Å². The molecule has 2 heterocycles. The van der Waals surface area contributed by atoms with Gasteiger partial charge in [0.2, 0.25) is 11.8 Å². The summed E-state index contributed by atoms with van der Waals surface area (Å²) < 4.78 is 5.39. The minimum absolute atomic E-state index is 0.0483. The highest BCUT2D eigenvalue weighted by atomic mass is 35.5. The molecule has 0 saturated carbocycles. The maximum absolute atomic E-state index is 13.2. The fourth-order valence-corrected chi connectivity index (χ4v) is 3.76. The van der Waals surface area contributed by atoms with Crippen molar-refractivity contribution in [2.45, 2.75) is 25.4 Å². The molecule has 1 unspecified atom stereocenters. The molecule has 2 aromatic carbocycles. The van der Waals surface area contributed by atoms with Crippen LogP contribution in [-0.2, 0) is 27.3 Å². The number of hydrogen-bond donors (Lipinski definition) is 0. The molecule has 8 heteroatoms. The van der Waals surface area contributed by atoms with Gasteiger partial charge in [0.05, 0.1) is 43.0 Å². The van der Waals surface area contributed by atoms with Crippen molar-refractivity contribution in [3.8, 4) is 6.07 Å². The van der Waals surface area contributed by atoms with Crippen LogP contribution in [0.1, 0.15) is 23.3 Å². The van der Waals surface area contributed by atoms with E-state index in [0.29, 0.717) is 22.0 Å². The zero-order valence-corrected chi connectivity index (χ0v) is 17.7. The van der Waals surface area contributed by atoms with Gasteiger partial charge in [0.15, 0.2) is 0 Å². The van der Waals surface area contributed by atoms with Gasteiger partial charge in [-0.25, -0.2) is 4.90 Å². The molecule has 0 spiro atoms. The van der Waals surface area contributed by atoms with Crippen LogP contribution in [0.3, 0.4) is 0 Å². The number of furan rings is 1. The second-order valence-corrected chi connectivity index (χ2v) is 7.79. The summed E-state index contributed by atoms with van der Waals surface area (Å²) in [5.74, 6) is -0.702. The second kappa shape index (κ2) is 9.08. The van der Waals surface area contributed by atoms with E-state index in [-0.39, 0.29) is 25.3 Å². The Hall–Kier alpha value is -3.89. The molecule has 1 aliphatic heterocycles. The first-order valence-corrected chi connectivity index (χ1v) is 10.3. The molecular weight excluding hydrogens is 430 g/mol. The molecule has 32 heavy (non-hydrogen) atoms. The summed E-state index contributed by atoms with van der Waals surface area (Å²) in [6.07, 6.45) is 1.40. The lowest BCUT2D eigenvalue weighted by atomic mass is 10.1. The second-order valence-electron chi connectivity index (χ2n) is 7.35. The molecule has 1 aliphatic rings. The maximum Gasteiger partial charge on any atom is 0.257 e. The molecule has 3 aromatic rings. The Morgan fingerprint density at radius 1 is 1.12 bits per heavy atom. The van der Waals surface area contributed by atoms with Gasteiger partial charge in [-0.2, -0.15) is 5.26 Å². The van der Waals surface area contributed by atoms with Crippen LogP contribution in [0.4, 0.5) is 5.69 Å². The number of nitriles is 1. The Kier molecular flexibility index (Phi) is 6.06. The highest BCUT2D eigenvalue weighted by Crippen LogP contribution is 2.27. The lowest BCUT2D eigenvalue weighted by Crippen LogP contribution is -2.45. The number of imide groups is 1. The molecule has 4 rings (SSSR count). The monoisotopic (exact) mass is 447 g/mol. The third-order valence-electron chi connectivity index (χ3n) is 5.25. The lowest BCUT2D eigenvalue weighted by Gasteiger charge is -2.27. The minimum Gasteiger partial charge on any atom is -0.467 e. The fraction of sp³-hybridized carbons (Fsp3) is 0.167. The summed E-state index contributed by atoms with van der Waals surface area (Å²) in [4.78, 5) is 41.7. The number of halogens is 1. The average Bonchev–Trinajstić information content (AvgIpc) is 3.41. The highest BCUT2D eigenvalue weighted by molar-refractivity contribution is 6.30. The Balaban J connectivity index is 1.60. The third kappa shape index (κ3) is 4.41. The number of carbonyl (C=O) groups is 3. The van der Waals surface area contributed by atoms with Crippen molar-refractivity contribution in [3.05, 3.63) is 88.8 Å². The summed E-state index contributed by atoms with van der Waals surface area (Å²) >= 11 is 5.92. The van der Waals surface area contributed by atoms with Crippen LogP contribution < -0.4 is 4.90 Å². The standard InChI is InChI=1S/C24H18ClN3O4/c25-18-7-3-16(4-8-18)12-22(29)27(15-20-2-1-11-32-20)21-13-23(30)28(24(21)31)19-9-5-17(14-26)6-10-19/h1-11,21H,12-13,15H2. The number of carbonyl (C=O) groups excluding carboxylic acids is 3. The molecule has 160 valence electrons. The van der Waals surface area contributed by atoms with Gasteiger partial charge in [-0.15, -0.1) is 0 Å². The predicted molar refractivity (Wildman–Crippen MR) is 116 cm³/mol. The summed E-state index contributed by atoms with van der Waals surface area (Å²) in [5, 5.41) is 9.53. The lowest BCUT2D eigenvalue weighted by molar-refractivity contribution is -0.138. The Bertz CT molecular complexity index is 1180. The highest BCUT2D eigenvalue weighted by Gasteiger charge is 2.44. The SMILES string of the molecule is N#Cc1ccc(N2C(=O)CC(N(Cc3ccco3)C(=O)Cc3ccc(Cl)cc3)C2=O)cc1. The number of rotatable bonds is 6. The molecule has 1 fully saturated rings. The normalized spacial score (nSPS) is 15.6. The predicted octanol–water partition coefficient (Wildman–Crippen LogP) is 3.71. The van der Waals surface area contributed by atoms with E-state index in [4.69, 9.17) is 21.3 Å². The molecule has 0 bridgehead atoms. The van der Waals surface area contributed by atoms with Crippen molar-refractivity contribution < 1.29 is 18.8 Å². The number of amides is 3. The number of nitrogens with zero attached hydrogens (tertiary/aromatic N) is 3. The van der Waals surface area contributed by atoms with Gasteiger partial charge >= 0.3 is 0 Å². The van der Waals surface area contributed by atoms with E-state index in [0.717, 1.165) is 10.5 Å². The molecule has 1 saturated heterocycles. The number of anilines is 1. The van der Waals surface area contributed by atoms with Gasteiger partial charge in [0.1, 0.15) is 11.8 Å². The largest absolute Gasteiger partial charge is 0.467 e. The molecule has 3 amide bonds. The van der Waals surface area contributed by atoms with Crippen LogP contribution in [0.5, 0.6) is 0 Å². The van der Waals surface area contributed by atoms with Crippen molar-refractivity contribution in [2.24, 2.45) is 0 Å². The van der Waals surface area contributed by atoms with Gasteiger partial charge in [-0.1, -0.05) is 23.7 Å². The van der Waals surface area contributed by atoms with E-state index < -0.39 is 17.9 Å². The van der Waals surface area contributed by atoms with Crippen LogP contribution in [0.25, 0.3) is 0 Å². The molecule has 1 aromatic heterocycles. The topological polar surface area (TPSA) is 94.6 Å². The first kappa shape index (κ1) is 21.3. The summed E-state index contributed by atoms with van der Waals surface area (Å²) in [6.45, 7) is 0.0598. The smallest absolute Gasteiger partial charge is 0.257 e. The van der Waals surface area contributed by atoms with Crippen molar-refractivity contribution in [1.29, 1.82) is 5.26 Å². The molecule has 1 atom stereocenters. The maximum atomic E-state index is 13.2. The van der Waals surface area contributed by atoms with E-state index in [1.807, 2.05) is 6.07 Å². The van der Waals surface area contributed by atoms with Gasteiger partial charge < -0.3 is 9.32 Å². The molecule has 0 radical (unpaired) electrons. The minimum atomic E-state index is -0.956. The first-order chi connectivity index (χ1) is 15.5. The number of benzene rings is 2. The van der Waals surface area contributed by atoms with Crippen LogP contribution in [0.15, 0.2) is 71.3 Å². The van der Waals surface area contributed by atoms with E-state index in [1.54, 1.807) is 48.5 Å². The summed E-state index contributed by atoms with van der Waals surface area (Å²) in [7, 11) is 0. The van der Waals surface area contributed by atoms with Gasteiger partial charge in [0, 0.05) is 5.02 Å². The summed E-state index contributed by atoms with van der Waals surface area (Å²) in [5.41, 5.74) is 1.52. The average molecular weight is 448 g/mol. The van der Waals surface area contributed by atoms with E-state index in [2.05, 4.69) is 0 Å². The molecule has 0 N–H and O–H groups in total. The summed E-state index contributed by atoms with van der Waals surface area (Å²) in [6, 6.07) is 17.5. The number of hydrogen-bond acceptors (Lipinski definition) is 5. The van der Waals surface area contributed by atoms with Crippen LogP contribution in [0, 0.1) is 11.3 Å². The van der Waals surface area contributed by atoms with E-state index in [1.165, 1.54) is 23.3 Å². The first-order valence-electron chi connectivity index (χ1n) is 9.89. The zero-order valence-electron chi connectivity index (χ0n) is 16.9. The van der Waals surface area contributed by atoms with E-state index >= 15 is 0 Å². The van der Waals surface area contributed by atoms with Crippen molar-refractivity contribution in [3.63, 3.8) is 0 Å². The Morgan fingerprint density at radius 3 is 2.47 bits per heavy atom. The fourth-order valence-electron chi connectivity index (χ4n) is 3.64. The third-order valence-corrected chi connectivity index (χ3v) is 5.50. The van der Waals surface area contributed by atoms with Crippen molar-refractivity contribution in [1.82, 2.24) is 4.90 Å². The molecule has 7 nitrogen and oxygen atoms in total. The zero-order chi connectivity index (χ0) is 22.7.